The average molecular weight is 258 g/mol. The molecule has 0 bridgehead atoms. The second kappa shape index (κ2) is 6.37. The highest BCUT2D eigenvalue weighted by Crippen LogP contribution is 2.12. The van der Waals surface area contributed by atoms with Crippen LogP contribution in [-0.4, -0.2) is 18.0 Å². The van der Waals surface area contributed by atoms with Crippen molar-refractivity contribution >= 4 is 29.2 Å². The number of nitriles is 1. The lowest BCUT2D eigenvalue weighted by Crippen LogP contribution is -2.19. The zero-order chi connectivity index (χ0) is 12.0. The quantitative estimate of drug-likeness (QED) is 0.616. The lowest BCUT2D eigenvalue weighted by molar-refractivity contribution is 0.0358. The van der Waals surface area contributed by atoms with Gasteiger partial charge in [-0.05, 0) is 24.3 Å². The Labute approximate surface area is 104 Å². The molecule has 0 saturated heterocycles. The van der Waals surface area contributed by atoms with Crippen molar-refractivity contribution in [2.45, 2.75) is 12.5 Å². The second-order valence-corrected chi connectivity index (χ2v) is 3.80. The molecule has 0 heterocycles. The van der Waals surface area contributed by atoms with Gasteiger partial charge in [0.15, 0.2) is 0 Å². The number of rotatable bonds is 4. The molecule has 0 unspecified atom stereocenters. The van der Waals surface area contributed by atoms with E-state index in [2.05, 4.69) is 0 Å². The van der Waals surface area contributed by atoms with Crippen molar-refractivity contribution < 1.29 is 9.53 Å². The van der Waals surface area contributed by atoms with Crippen LogP contribution in [0.4, 0.5) is 0 Å². The van der Waals surface area contributed by atoms with Gasteiger partial charge in [-0.15, -0.1) is 11.6 Å². The van der Waals surface area contributed by atoms with E-state index < -0.39 is 12.1 Å². The number of nitrogens with zero attached hydrogens (tertiary/aromatic N) is 1. The van der Waals surface area contributed by atoms with Gasteiger partial charge in [0.05, 0.1) is 23.9 Å². The van der Waals surface area contributed by atoms with Gasteiger partial charge in [0.1, 0.15) is 6.10 Å². The van der Waals surface area contributed by atoms with Crippen LogP contribution in [0.3, 0.4) is 0 Å². The van der Waals surface area contributed by atoms with Gasteiger partial charge in [-0.25, -0.2) is 4.79 Å². The van der Waals surface area contributed by atoms with E-state index in [1.807, 2.05) is 6.07 Å². The van der Waals surface area contributed by atoms with Gasteiger partial charge in [0, 0.05) is 5.02 Å². The third-order valence-corrected chi connectivity index (χ3v) is 2.44. The smallest absolute Gasteiger partial charge is 0.338 e. The van der Waals surface area contributed by atoms with Crippen LogP contribution in [-0.2, 0) is 4.74 Å². The molecule has 0 N–H and O–H groups in total. The number of carbonyl (C=O) groups is 1. The Balaban J connectivity index is 2.65. The van der Waals surface area contributed by atoms with Crippen molar-refractivity contribution in [3.05, 3.63) is 34.9 Å². The summed E-state index contributed by atoms with van der Waals surface area (Å²) >= 11 is 11.2. The lowest BCUT2D eigenvalue weighted by atomic mass is 10.2. The number of carbonyl (C=O) groups excluding carboxylic acids is 1. The predicted molar refractivity (Wildman–Crippen MR) is 61.6 cm³/mol. The number of ether oxygens (including phenoxy) is 1. The van der Waals surface area contributed by atoms with E-state index in [9.17, 15) is 4.79 Å². The second-order valence-electron chi connectivity index (χ2n) is 3.05. The van der Waals surface area contributed by atoms with Crippen LogP contribution in [0, 0.1) is 11.3 Å². The molecule has 0 spiro atoms. The topological polar surface area (TPSA) is 50.1 Å². The number of halogens is 2. The van der Waals surface area contributed by atoms with E-state index in [0.717, 1.165) is 0 Å². The van der Waals surface area contributed by atoms with Gasteiger partial charge in [0.2, 0.25) is 0 Å². The molecule has 84 valence electrons. The highest BCUT2D eigenvalue weighted by Gasteiger charge is 2.14. The van der Waals surface area contributed by atoms with Gasteiger partial charge in [0.25, 0.3) is 0 Å². The van der Waals surface area contributed by atoms with Crippen LogP contribution in [0.1, 0.15) is 16.8 Å². The van der Waals surface area contributed by atoms with Crippen molar-refractivity contribution in [2.24, 2.45) is 0 Å². The van der Waals surface area contributed by atoms with Gasteiger partial charge in [-0.2, -0.15) is 5.26 Å². The fourth-order valence-electron chi connectivity index (χ4n) is 1.03. The molecule has 0 saturated carbocycles. The molecular weight excluding hydrogens is 249 g/mol. The van der Waals surface area contributed by atoms with E-state index in [0.29, 0.717) is 10.6 Å². The fourth-order valence-corrected chi connectivity index (χ4v) is 1.33. The Kier molecular flexibility index (Phi) is 5.10. The van der Waals surface area contributed by atoms with Crippen molar-refractivity contribution in [3.8, 4) is 6.07 Å². The van der Waals surface area contributed by atoms with Crippen molar-refractivity contribution in [1.29, 1.82) is 5.26 Å². The summed E-state index contributed by atoms with van der Waals surface area (Å²) in [6.45, 7) is 0. The average Bonchev–Trinajstić information content (AvgIpc) is 2.29. The van der Waals surface area contributed by atoms with Gasteiger partial charge >= 0.3 is 5.97 Å². The zero-order valence-corrected chi connectivity index (χ0v) is 9.83. The normalized spacial score (nSPS) is 11.6. The third kappa shape index (κ3) is 3.73. The first kappa shape index (κ1) is 12.8. The van der Waals surface area contributed by atoms with Crippen LogP contribution in [0.5, 0.6) is 0 Å². The molecule has 1 atom stereocenters. The summed E-state index contributed by atoms with van der Waals surface area (Å²) in [5, 5.41) is 9.01. The van der Waals surface area contributed by atoms with E-state index in [1.165, 1.54) is 0 Å². The van der Waals surface area contributed by atoms with E-state index in [4.69, 9.17) is 33.2 Å². The summed E-state index contributed by atoms with van der Waals surface area (Å²) in [4.78, 5) is 11.6. The first-order chi connectivity index (χ1) is 7.67. The monoisotopic (exact) mass is 257 g/mol. The molecule has 1 aromatic carbocycles. The molecule has 16 heavy (non-hydrogen) atoms. The fraction of sp³-hybridized carbons (Fsp3) is 0.273. The minimum atomic E-state index is -0.574. The van der Waals surface area contributed by atoms with Crippen LogP contribution in [0.2, 0.25) is 5.02 Å². The van der Waals surface area contributed by atoms with Gasteiger partial charge in [-0.1, -0.05) is 11.6 Å². The Morgan fingerprint density at radius 3 is 2.56 bits per heavy atom. The summed E-state index contributed by atoms with van der Waals surface area (Å²) < 4.78 is 5.03. The van der Waals surface area contributed by atoms with E-state index in [-0.39, 0.29) is 12.3 Å². The molecule has 0 aliphatic heterocycles. The molecule has 0 aliphatic rings. The molecule has 0 radical (unpaired) electrons. The summed E-state index contributed by atoms with van der Waals surface area (Å²) in [7, 11) is 0. The molecule has 0 fully saturated rings. The number of benzene rings is 1. The summed E-state index contributed by atoms with van der Waals surface area (Å²) in [6.07, 6.45) is -0.488. The molecule has 1 rings (SSSR count). The largest absolute Gasteiger partial charge is 0.456 e. The Bertz CT molecular complexity index is 397. The molecule has 3 nitrogen and oxygen atoms in total. The molecule has 5 heteroatoms. The minimum absolute atomic E-state index is 0.0861. The summed E-state index contributed by atoms with van der Waals surface area (Å²) in [5.74, 6) is -0.398. The van der Waals surface area contributed by atoms with Crippen LogP contribution in [0.15, 0.2) is 24.3 Å². The number of hydrogen-bond acceptors (Lipinski definition) is 3. The third-order valence-electron chi connectivity index (χ3n) is 1.84. The zero-order valence-electron chi connectivity index (χ0n) is 8.32. The van der Waals surface area contributed by atoms with Crippen LogP contribution < -0.4 is 0 Å². The maximum atomic E-state index is 11.6. The van der Waals surface area contributed by atoms with Crippen LogP contribution >= 0.6 is 23.2 Å². The van der Waals surface area contributed by atoms with Crippen molar-refractivity contribution in [3.63, 3.8) is 0 Å². The van der Waals surface area contributed by atoms with Gasteiger partial charge < -0.3 is 4.74 Å². The van der Waals surface area contributed by atoms with Crippen molar-refractivity contribution in [2.75, 3.05) is 5.88 Å². The first-order valence-corrected chi connectivity index (χ1v) is 5.48. The minimum Gasteiger partial charge on any atom is -0.456 e. The standard InChI is InChI=1S/C11H9Cl2NO2/c12-7-10(5-6-14)16-11(15)8-1-3-9(13)4-2-8/h1-4,10H,5,7H2/t10-/m1/s1. The molecule has 0 aliphatic carbocycles. The highest BCUT2D eigenvalue weighted by atomic mass is 35.5. The highest BCUT2D eigenvalue weighted by molar-refractivity contribution is 6.30. The van der Waals surface area contributed by atoms with Crippen molar-refractivity contribution in [1.82, 2.24) is 0 Å². The Morgan fingerprint density at radius 1 is 1.44 bits per heavy atom. The number of alkyl halides is 1. The van der Waals surface area contributed by atoms with Gasteiger partial charge in [-0.3, -0.25) is 0 Å². The first-order valence-electron chi connectivity index (χ1n) is 4.57. The molecule has 0 aromatic heterocycles. The molecular formula is C11H9Cl2NO2. The predicted octanol–water partition coefficient (Wildman–Crippen LogP) is 3.02. The summed E-state index contributed by atoms with van der Waals surface area (Å²) in [6, 6.07) is 8.21. The van der Waals surface area contributed by atoms with E-state index in [1.54, 1.807) is 24.3 Å². The number of esters is 1. The molecule has 0 amide bonds. The lowest BCUT2D eigenvalue weighted by Gasteiger charge is -2.11. The SMILES string of the molecule is N#CC[C@H](CCl)OC(=O)c1ccc(Cl)cc1. The van der Waals surface area contributed by atoms with Crippen LogP contribution in [0.25, 0.3) is 0 Å². The maximum absolute atomic E-state index is 11.6. The maximum Gasteiger partial charge on any atom is 0.338 e. The Morgan fingerprint density at radius 2 is 2.06 bits per heavy atom. The molecule has 1 aromatic rings. The Hall–Kier alpha value is -1.24. The number of hydrogen-bond donors (Lipinski definition) is 0. The van der Waals surface area contributed by atoms with E-state index >= 15 is 0 Å². The summed E-state index contributed by atoms with van der Waals surface area (Å²) in [5.41, 5.74) is 0.387.